The Morgan fingerprint density at radius 3 is 2.16 bits per heavy atom. The van der Waals surface area contributed by atoms with Crippen molar-refractivity contribution in [1.82, 2.24) is 9.80 Å². The summed E-state index contributed by atoms with van der Waals surface area (Å²) in [5.74, 6) is -0.520. The number of amides is 2. The van der Waals surface area contributed by atoms with Gasteiger partial charge in [-0.15, -0.1) is 0 Å². The molecule has 1 aliphatic heterocycles. The van der Waals surface area contributed by atoms with E-state index in [0.29, 0.717) is 57.1 Å². The van der Waals surface area contributed by atoms with Crippen molar-refractivity contribution < 1.29 is 23.8 Å². The summed E-state index contributed by atoms with van der Waals surface area (Å²) >= 11 is 0. The molecule has 7 heteroatoms. The van der Waals surface area contributed by atoms with Gasteiger partial charge in [0, 0.05) is 40.5 Å². The molecule has 0 aromatic heterocycles. The molecule has 0 atom stereocenters. The van der Waals surface area contributed by atoms with Crippen molar-refractivity contribution in [2.24, 2.45) is 0 Å². The molecule has 0 saturated carbocycles. The summed E-state index contributed by atoms with van der Waals surface area (Å²) in [4.78, 5) is 30.2. The van der Waals surface area contributed by atoms with Gasteiger partial charge in [0.05, 0.1) is 24.9 Å². The second-order valence-corrected chi connectivity index (χ2v) is 8.05. The predicted molar refractivity (Wildman–Crippen MR) is 121 cm³/mol. The van der Waals surface area contributed by atoms with Crippen molar-refractivity contribution >= 4 is 17.4 Å². The maximum atomic E-state index is 13.5. The van der Waals surface area contributed by atoms with Gasteiger partial charge in [-0.3, -0.25) is 14.5 Å². The van der Waals surface area contributed by atoms with E-state index in [9.17, 15) is 9.59 Å². The van der Waals surface area contributed by atoms with E-state index in [0.717, 1.165) is 16.7 Å². The minimum absolute atomic E-state index is 0.114. The normalized spacial score (nSPS) is 14.4. The summed E-state index contributed by atoms with van der Waals surface area (Å²) in [5.41, 5.74) is 3.76. The minimum Gasteiger partial charge on any atom is -0.383 e. The molecule has 7 nitrogen and oxygen atoms in total. The summed E-state index contributed by atoms with van der Waals surface area (Å²) in [5, 5.41) is 0. The Morgan fingerprint density at radius 2 is 1.61 bits per heavy atom. The second kappa shape index (κ2) is 12.0. The van der Waals surface area contributed by atoms with E-state index in [4.69, 9.17) is 14.2 Å². The van der Waals surface area contributed by atoms with Crippen LogP contribution in [-0.4, -0.2) is 81.4 Å². The van der Waals surface area contributed by atoms with Crippen LogP contribution in [0.4, 0.5) is 0 Å². The molecule has 31 heavy (non-hydrogen) atoms. The zero-order valence-corrected chi connectivity index (χ0v) is 19.7. The van der Waals surface area contributed by atoms with Gasteiger partial charge in [0.2, 0.25) is 0 Å². The molecule has 0 unspecified atom stereocenters. The van der Waals surface area contributed by atoms with Crippen LogP contribution in [0.5, 0.6) is 0 Å². The second-order valence-electron chi connectivity index (χ2n) is 8.05. The van der Waals surface area contributed by atoms with Crippen LogP contribution in [-0.2, 0) is 23.8 Å². The Balaban J connectivity index is 2.43. The first-order valence-electron chi connectivity index (χ1n) is 10.8. The highest BCUT2D eigenvalue weighted by molar-refractivity contribution is 6.35. The fraction of sp³-hybridized carbons (Fsp3) is 0.583. The van der Waals surface area contributed by atoms with Gasteiger partial charge in [-0.05, 0) is 45.2 Å². The number of rotatable bonds is 13. The van der Waals surface area contributed by atoms with Gasteiger partial charge in [-0.1, -0.05) is 23.8 Å². The number of hydrogen-bond donors (Lipinski definition) is 0. The van der Waals surface area contributed by atoms with Gasteiger partial charge < -0.3 is 19.1 Å². The van der Waals surface area contributed by atoms with Crippen LogP contribution in [0.15, 0.2) is 23.9 Å². The molecule has 1 heterocycles. The maximum absolute atomic E-state index is 13.5. The van der Waals surface area contributed by atoms with Gasteiger partial charge in [-0.25, -0.2) is 0 Å². The summed E-state index contributed by atoms with van der Waals surface area (Å²) < 4.78 is 16.1. The summed E-state index contributed by atoms with van der Waals surface area (Å²) in [6, 6.07) is 5.94. The lowest BCUT2D eigenvalue weighted by Crippen LogP contribution is -2.38. The van der Waals surface area contributed by atoms with Crippen molar-refractivity contribution in [2.45, 2.75) is 40.2 Å². The third-order valence-electron chi connectivity index (χ3n) is 5.22. The lowest BCUT2D eigenvalue weighted by Gasteiger charge is -2.26. The van der Waals surface area contributed by atoms with Gasteiger partial charge in [0.25, 0.3) is 11.8 Å². The number of carbonyl (C=O) groups excluding carboxylic acids is 2. The Hall–Kier alpha value is -2.22. The Bertz CT molecular complexity index is 795. The van der Waals surface area contributed by atoms with Crippen LogP contribution in [0.3, 0.4) is 0 Å². The lowest BCUT2D eigenvalue weighted by atomic mass is 9.97. The Labute approximate surface area is 185 Å². The van der Waals surface area contributed by atoms with Gasteiger partial charge in [0.1, 0.15) is 5.70 Å². The molecule has 0 bridgehead atoms. The molecular weight excluding hydrogens is 396 g/mol. The Kier molecular flexibility index (Phi) is 9.68. The van der Waals surface area contributed by atoms with Gasteiger partial charge in [0.15, 0.2) is 0 Å². The smallest absolute Gasteiger partial charge is 0.277 e. The molecule has 2 rings (SSSR count). The van der Waals surface area contributed by atoms with E-state index >= 15 is 0 Å². The first-order chi connectivity index (χ1) is 14.8. The van der Waals surface area contributed by atoms with Crippen molar-refractivity contribution in [3.8, 4) is 0 Å². The van der Waals surface area contributed by atoms with Crippen molar-refractivity contribution in [3.05, 3.63) is 40.6 Å². The molecule has 1 aliphatic rings. The minimum atomic E-state index is -0.267. The van der Waals surface area contributed by atoms with Gasteiger partial charge in [-0.2, -0.15) is 0 Å². The fourth-order valence-electron chi connectivity index (χ4n) is 3.68. The molecule has 1 aromatic rings. The number of ether oxygens (including phenoxy) is 3. The average molecular weight is 433 g/mol. The largest absolute Gasteiger partial charge is 0.383 e. The van der Waals surface area contributed by atoms with Crippen molar-refractivity contribution in [3.63, 3.8) is 0 Å². The molecule has 0 aliphatic carbocycles. The van der Waals surface area contributed by atoms with E-state index in [2.05, 4.69) is 0 Å². The molecular formula is C24H36N2O5. The number of methoxy groups -OCH3 is 2. The zero-order chi connectivity index (χ0) is 23.0. The van der Waals surface area contributed by atoms with Crippen LogP contribution < -0.4 is 0 Å². The highest BCUT2D eigenvalue weighted by Gasteiger charge is 2.41. The van der Waals surface area contributed by atoms with Gasteiger partial charge >= 0.3 is 0 Å². The third-order valence-corrected chi connectivity index (χ3v) is 5.22. The van der Waals surface area contributed by atoms with E-state index < -0.39 is 0 Å². The third kappa shape index (κ3) is 6.38. The molecule has 172 valence electrons. The topological polar surface area (TPSA) is 68.3 Å². The van der Waals surface area contributed by atoms with E-state index in [1.54, 1.807) is 14.2 Å². The number of aryl methyl sites for hydroxylation is 2. The number of nitrogens with zero attached hydrogens (tertiary/aromatic N) is 2. The molecule has 1 aromatic carbocycles. The van der Waals surface area contributed by atoms with Crippen molar-refractivity contribution in [1.29, 1.82) is 0 Å². The number of carbonyl (C=O) groups is 2. The lowest BCUT2D eigenvalue weighted by molar-refractivity contribution is -0.137. The van der Waals surface area contributed by atoms with Crippen LogP contribution in [0, 0.1) is 13.8 Å². The van der Waals surface area contributed by atoms with Crippen molar-refractivity contribution in [2.75, 3.05) is 53.7 Å². The SMILES string of the molecule is COCCN(CCOC)C1=C(c2ccc(C)cc2C)C(=O)N(CCCOC(C)C)C1=O. The van der Waals surface area contributed by atoms with Crippen LogP contribution in [0.2, 0.25) is 0 Å². The summed E-state index contributed by atoms with van der Waals surface area (Å²) in [6.07, 6.45) is 0.710. The first kappa shape index (κ1) is 25.0. The van der Waals surface area contributed by atoms with E-state index in [-0.39, 0.29) is 17.9 Å². The fourth-order valence-corrected chi connectivity index (χ4v) is 3.68. The first-order valence-corrected chi connectivity index (χ1v) is 10.8. The average Bonchev–Trinajstić information content (AvgIpc) is 2.95. The monoisotopic (exact) mass is 432 g/mol. The van der Waals surface area contributed by atoms with E-state index in [1.807, 2.05) is 50.8 Å². The summed E-state index contributed by atoms with van der Waals surface area (Å²) in [6.45, 7) is 10.6. The molecule has 0 fully saturated rings. The van der Waals surface area contributed by atoms with Crippen LogP contribution in [0.1, 0.15) is 37.0 Å². The number of benzene rings is 1. The molecule has 0 saturated heterocycles. The predicted octanol–water partition coefficient (Wildman–Crippen LogP) is 2.79. The zero-order valence-electron chi connectivity index (χ0n) is 19.7. The highest BCUT2D eigenvalue weighted by Crippen LogP contribution is 2.33. The Morgan fingerprint density at radius 1 is 0.968 bits per heavy atom. The highest BCUT2D eigenvalue weighted by atomic mass is 16.5. The standard InChI is InChI=1S/C24H36N2O5/c1-17(2)31-13-7-10-26-23(27)21(20-9-8-18(3)16-19(20)4)22(24(26)28)25(11-14-29-5)12-15-30-6/h8-9,16-17H,7,10-15H2,1-6H3. The molecule has 0 spiro atoms. The maximum Gasteiger partial charge on any atom is 0.277 e. The van der Waals surface area contributed by atoms with Crippen LogP contribution in [0.25, 0.3) is 5.57 Å². The van der Waals surface area contributed by atoms with E-state index in [1.165, 1.54) is 4.90 Å². The number of imide groups is 1. The molecule has 2 amide bonds. The quantitative estimate of drug-likeness (QED) is 0.353. The molecule has 0 radical (unpaired) electrons. The number of hydrogen-bond acceptors (Lipinski definition) is 6. The molecule has 0 N–H and O–H groups in total. The summed E-state index contributed by atoms with van der Waals surface area (Å²) in [7, 11) is 3.24. The van der Waals surface area contributed by atoms with Crippen LogP contribution >= 0.6 is 0 Å².